The number of nitrogens with zero attached hydrogens (tertiary/aromatic N) is 1. The highest BCUT2D eigenvalue weighted by Gasteiger charge is 2.21. The summed E-state index contributed by atoms with van der Waals surface area (Å²) in [6.07, 6.45) is 4.72. The summed E-state index contributed by atoms with van der Waals surface area (Å²) in [7, 11) is 0. The van der Waals surface area contributed by atoms with E-state index in [-0.39, 0.29) is 18.3 Å². The molecular weight excluding hydrogens is 244 g/mol. The van der Waals surface area contributed by atoms with Crippen LogP contribution >= 0.6 is 0 Å². The maximum absolute atomic E-state index is 10.7. The van der Waals surface area contributed by atoms with Crippen LogP contribution in [0.25, 0.3) is 0 Å². The Balaban J connectivity index is 2.13. The normalized spacial score (nSPS) is 23.1. The van der Waals surface area contributed by atoms with E-state index >= 15 is 0 Å². The van der Waals surface area contributed by atoms with Crippen molar-refractivity contribution in [2.75, 3.05) is 0 Å². The summed E-state index contributed by atoms with van der Waals surface area (Å²) in [5, 5.41) is 10.7. The zero-order valence-electron chi connectivity index (χ0n) is 11.2. The summed E-state index contributed by atoms with van der Waals surface area (Å²) in [4.78, 5) is 10.3. The summed E-state index contributed by atoms with van der Waals surface area (Å²) in [5.41, 5.74) is 6.41. The fourth-order valence-electron chi connectivity index (χ4n) is 2.62. The number of nitro groups is 1. The first kappa shape index (κ1) is 13.8. The van der Waals surface area contributed by atoms with Gasteiger partial charge in [-0.25, -0.2) is 0 Å². The number of ether oxygens (including phenoxy) is 1. The third kappa shape index (κ3) is 3.44. The molecule has 1 aromatic rings. The molecule has 5 heteroatoms. The van der Waals surface area contributed by atoms with Crippen LogP contribution in [0.5, 0.6) is 5.75 Å². The van der Waals surface area contributed by atoms with Crippen molar-refractivity contribution in [1.82, 2.24) is 0 Å². The Hall–Kier alpha value is -1.62. The SMILES string of the molecule is CC1CCCC(Oc2ccc([N+](=O)[O-])cc2CN)C1. The van der Waals surface area contributed by atoms with E-state index in [9.17, 15) is 10.1 Å². The second kappa shape index (κ2) is 6.02. The number of hydrogen-bond donors (Lipinski definition) is 1. The first-order chi connectivity index (χ1) is 9.10. The van der Waals surface area contributed by atoms with Crippen LogP contribution in [0, 0.1) is 16.0 Å². The van der Waals surface area contributed by atoms with Gasteiger partial charge >= 0.3 is 0 Å². The number of benzene rings is 1. The van der Waals surface area contributed by atoms with Crippen LogP contribution in [0.15, 0.2) is 18.2 Å². The minimum absolute atomic E-state index is 0.0600. The highest BCUT2D eigenvalue weighted by Crippen LogP contribution is 2.30. The molecule has 1 aliphatic carbocycles. The molecule has 1 aliphatic rings. The molecule has 2 atom stereocenters. The van der Waals surface area contributed by atoms with Crippen LogP contribution in [0.4, 0.5) is 5.69 Å². The Morgan fingerprint density at radius 3 is 2.89 bits per heavy atom. The molecule has 1 fully saturated rings. The van der Waals surface area contributed by atoms with Gasteiger partial charge in [0.1, 0.15) is 5.75 Å². The molecule has 0 spiro atoms. The molecule has 0 aliphatic heterocycles. The molecule has 0 bridgehead atoms. The number of rotatable bonds is 4. The van der Waals surface area contributed by atoms with Gasteiger partial charge < -0.3 is 10.5 Å². The number of non-ortho nitro benzene ring substituents is 1. The highest BCUT2D eigenvalue weighted by molar-refractivity contribution is 5.43. The largest absolute Gasteiger partial charge is 0.490 e. The molecule has 0 heterocycles. The third-order valence-electron chi connectivity index (χ3n) is 3.66. The Morgan fingerprint density at radius 1 is 1.47 bits per heavy atom. The van der Waals surface area contributed by atoms with E-state index in [2.05, 4.69) is 6.92 Å². The lowest BCUT2D eigenvalue weighted by molar-refractivity contribution is -0.384. The zero-order chi connectivity index (χ0) is 13.8. The zero-order valence-corrected chi connectivity index (χ0v) is 11.2. The van der Waals surface area contributed by atoms with Crippen LogP contribution in [0.3, 0.4) is 0 Å². The van der Waals surface area contributed by atoms with E-state index in [1.807, 2.05) is 0 Å². The molecule has 0 radical (unpaired) electrons. The van der Waals surface area contributed by atoms with Gasteiger partial charge in [0.15, 0.2) is 0 Å². The first-order valence-corrected chi connectivity index (χ1v) is 6.74. The van der Waals surface area contributed by atoms with Gasteiger partial charge in [-0.3, -0.25) is 10.1 Å². The molecule has 1 saturated carbocycles. The van der Waals surface area contributed by atoms with Crippen molar-refractivity contribution in [3.05, 3.63) is 33.9 Å². The van der Waals surface area contributed by atoms with Crippen LogP contribution in [-0.4, -0.2) is 11.0 Å². The number of hydrogen-bond acceptors (Lipinski definition) is 4. The summed E-state index contributed by atoms with van der Waals surface area (Å²) < 4.78 is 5.98. The fraction of sp³-hybridized carbons (Fsp3) is 0.571. The van der Waals surface area contributed by atoms with Crippen molar-refractivity contribution in [1.29, 1.82) is 0 Å². The molecule has 19 heavy (non-hydrogen) atoms. The molecule has 104 valence electrons. The van der Waals surface area contributed by atoms with Crippen LogP contribution in [0.1, 0.15) is 38.2 Å². The van der Waals surface area contributed by atoms with Gasteiger partial charge in [0, 0.05) is 24.2 Å². The minimum atomic E-state index is -0.411. The molecule has 2 rings (SSSR count). The lowest BCUT2D eigenvalue weighted by Gasteiger charge is -2.28. The average Bonchev–Trinajstić information content (AvgIpc) is 2.39. The summed E-state index contributed by atoms with van der Waals surface area (Å²) in [6.45, 7) is 2.48. The smallest absolute Gasteiger partial charge is 0.270 e. The average molecular weight is 264 g/mol. The quantitative estimate of drug-likeness (QED) is 0.669. The third-order valence-corrected chi connectivity index (χ3v) is 3.66. The monoisotopic (exact) mass is 264 g/mol. The standard InChI is InChI=1S/C14H20N2O3/c1-10-3-2-4-13(7-10)19-14-6-5-12(16(17)18)8-11(14)9-15/h5-6,8,10,13H,2-4,7,9,15H2,1H3. The Kier molecular flexibility index (Phi) is 4.37. The van der Waals surface area contributed by atoms with Crippen molar-refractivity contribution >= 4 is 5.69 Å². The Labute approximate surface area is 112 Å². The van der Waals surface area contributed by atoms with Gasteiger partial charge in [-0.15, -0.1) is 0 Å². The molecule has 2 N–H and O–H groups in total. The summed E-state index contributed by atoms with van der Waals surface area (Å²) >= 11 is 0. The topological polar surface area (TPSA) is 78.4 Å². The molecular formula is C14H20N2O3. The number of nitrogens with two attached hydrogens (primary N) is 1. The maximum atomic E-state index is 10.7. The lowest BCUT2D eigenvalue weighted by atomic mass is 9.88. The summed E-state index contributed by atoms with van der Waals surface area (Å²) in [6, 6.07) is 4.64. The molecule has 5 nitrogen and oxygen atoms in total. The van der Waals surface area contributed by atoms with Crippen molar-refractivity contribution < 1.29 is 9.66 Å². The number of nitro benzene ring substituents is 1. The highest BCUT2D eigenvalue weighted by atomic mass is 16.6. The lowest BCUT2D eigenvalue weighted by Crippen LogP contribution is -2.24. The second-order valence-electron chi connectivity index (χ2n) is 5.26. The van der Waals surface area contributed by atoms with E-state index in [1.165, 1.54) is 25.0 Å². The van der Waals surface area contributed by atoms with Crippen LogP contribution in [-0.2, 0) is 6.54 Å². The molecule has 2 unspecified atom stereocenters. The van der Waals surface area contributed by atoms with Crippen LogP contribution < -0.4 is 10.5 Å². The maximum Gasteiger partial charge on any atom is 0.270 e. The molecule has 0 saturated heterocycles. The first-order valence-electron chi connectivity index (χ1n) is 6.74. The molecule has 0 aromatic heterocycles. The van der Waals surface area contributed by atoms with Crippen molar-refractivity contribution in [2.24, 2.45) is 11.7 Å². The van der Waals surface area contributed by atoms with E-state index in [0.717, 1.165) is 12.8 Å². The van der Waals surface area contributed by atoms with Crippen molar-refractivity contribution in [2.45, 2.75) is 45.3 Å². The van der Waals surface area contributed by atoms with Gasteiger partial charge in [-0.2, -0.15) is 0 Å². The predicted octanol–water partition coefficient (Wildman–Crippen LogP) is 3.01. The predicted molar refractivity (Wildman–Crippen MR) is 73.0 cm³/mol. The fourth-order valence-corrected chi connectivity index (χ4v) is 2.62. The van der Waals surface area contributed by atoms with Gasteiger partial charge in [0.2, 0.25) is 0 Å². The van der Waals surface area contributed by atoms with E-state index in [0.29, 0.717) is 17.2 Å². The second-order valence-corrected chi connectivity index (χ2v) is 5.26. The van der Waals surface area contributed by atoms with E-state index < -0.39 is 4.92 Å². The van der Waals surface area contributed by atoms with E-state index in [4.69, 9.17) is 10.5 Å². The Morgan fingerprint density at radius 2 is 2.26 bits per heavy atom. The van der Waals surface area contributed by atoms with Gasteiger partial charge in [-0.1, -0.05) is 13.3 Å². The minimum Gasteiger partial charge on any atom is -0.490 e. The molecule has 0 amide bonds. The van der Waals surface area contributed by atoms with Gasteiger partial charge in [0.25, 0.3) is 5.69 Å². The van der Waals surface area contributed by atoms with Crippen molar-refractivity contribution in [3.63, 3.8) is 0 Å². The molecule has 1 aromatic carbocycles. The van der Waals surface area contributed by atoms with Gasteiger partial charge in [0.05, 0.1) is 11.0 Å². The van der Waals surface area contributed by atoms with E-state index in [1.54, 1.807) is 6.07 Å². The Bertz CT molecular complexity index is 462. The van der Waals surface area contributed by atoms with Crippen LogP contribution in [0.2, 0.25) is 0 Å². The van der Waals surface area contributed by atoms with Gasteiger partial charge in [-0.05, 0) is 31.2 Å². The van der Waals surface area contributed by atoms with Crippen molar-refractivity contribution in [3.8, 4) is 5.75 Å². The summed E-state index contributed by atoms with van der Waals surface area (Å²) in [5.74, 6) is 1.37.